The standard InChI is InChI=1S/C31H37N3O4S/c1-3-16-34(17-15-26-7-5-18-39-26)25-13-14-27-23(19-25)6-4-8-28(27)30(31(38)32-20-29(36)37)22-9-11-24(12-10-22)33-21(2)35/h4-12,18,25,30H,3,13-17,19-20H2,1-2H3,(H,32,38)(H,33,35)(H,36,37)/t25-,30?/m0/s1. The van der Waals surface area contributed by atoms with Gasteiger partial charge in [-0.3, -0.25) is 19.3 Å². The third-order valence-electron chi connectivity index (χ3n) is 7.30. The molecule has 3 aromatic rings. The van der Waals surface area contributed by atoms with E-state index in [4.69, 9.17) is 5.11 Å². The van der Waals surface area contributed by atoms with Gasteiger partial charge in [0.15, 0.2) is 0 Å². The Bertz CT molecular complexity index is 1270. The number of anilines is 1. The minimum atomic E-state index is -1.08. The molecule has 0 radical (unpaired) electrons. The lowest BCUT2D eigenvalue weighted by atomic mass is 9.79. The summed E-state index contributed by atoms with van der Waals surface area (Å²) in [6.07, 6.45) is 4.97. The zero-order valence-corrected chi connectivity index (χ0v) is 23.4. The minimum absolute atomic E-state index is 0.169. The van der Waals surface area contributed by atoms with E-state index in [1.54, 1.807) is 12.1 Å². The molecule has 1 unspecified atom stereocenters. The summed E-state index contributed by atoms with van der Waals surface area (Å²) in [5.41, 5.74) is 4.76. The predicted octanol–water partition coefficient (Wildman–Crippen LogP) is 4.85. The van der Waals surface area contributed by atoms with Gasteiger partial charge in [0.05, 0.1) is 5.92 Å². The van der Waals surface area contributed by atoms with Crippen LogP contribution in [0, 0.1) is 0 Å². The van der Waals surface area contributed by atoms with Crippen LogP contribution in [0.15, 0.2) is 60.0 Å². The maximum Gasteiger partial charge on any atom is 0.322 e. The molecule has 0 saturated heterocycles. The molecule has 3 N–H and O–H groups in total. The Kier molecular flexibility index (Phi) is 9.90. The molecule has 0 spiro atoms. The molecule has 2 atom stereocenters. The van der Waals surface area contributed by atoms with Gasteiger partial charge in [0, 0.05) is 30.1 Å². The van der Waals surface area contributed by atoms with Crippen LogP contribution < -0.4 is 10.6 Å². The van der Waals surface area contributed by atoms with Crippen molar-refractivity contribution in [2.45, 2.75) is 57.9 Å². The molecule has 0 fully saturated rings. The second kappa shape index (κ2) is 13.5. The largest absolute Gasteiger partial charge is 0.480 e. The number of hydrogen-bond donors (Lipinski definition) is 3. The Balaban J connectivity index is 1.60. The monoisotopic (exact) mass is 547 g/mol. The fourth-order valence-corrected chi connectivity index (χ4v) is 6.27. The lowest BCUT2D eigenvalue weighted by Crippen LogP contribution is -2.41. The van der Waals surface area contributed by atoms with Crippen LogP contribution >= 0.6 is 11.3 Å². The van der Waals surface area contributed by atoms with Gasteiger partial charge in [-0.25, -0.2) is 0 Å². The molecule has 1 aromatic heterocycles. The molecule has 2 amide bonds. The van der Waals surface area contributed by atoms with Crippen LogP contribution in [0.25, 0.3) is 0 Å². The van der Waals surface area contributed by atoms with Crippen molar-refractivity contribution < 1.29 is 19.5 Å². The molecule has 8 heteroatoms. The highest BCUT2D eigenvalue weighted by molar-refractivity contribution is 7.09. The smallest absolute Gasteiger partial charge is 0.322 e. The number of nitrogens with zero attached hydrogens (tertiary/aromatic N) is 1. The van der Waals surface area contributed by atoms with E-state index in [9.17, 15) is 14.4 Å². The fraction of sp³-hybridized carbons (Fsp3) is 0.387. The normalized spacial score (nSPS) is 15.4. The van der Waals surface area contributed by atoms with Gasteiger partial charge in [0.25, 0.3) is 0 Å². The molecule has 1 heterocycles. The van der Waals surface area contributed by atoms with Crippen LogP contribution in [0.4, 0.5) is 5.69 Å². The molecule has 7 nitrogen and oxygen atoms in total. The number of carboxylic acid groups (broad SMARTS) is 1. The topological polar surface area (TPSA) is 98.7 Å². The highest BCUT2D eigenvalue weighted by Gasteiger charge is 2.30. The lowest BCUT2D eigenvalue weighted by molar-refractivity contribution is -0.138. The average Bonchev–Trinajstić information content (AvgIpc) is 3.44. The first-order valence-corrected chi connectivity index (χ1v) is 14.5. The van der Waals surface area contributed by atoms with Crippen LogP contribution in [0.5, 0.6) is 0 Å². The van der Waals surface area contributed by atoms with E-state index in [-0.39, 0.29) is 11.8 Å². The first-order chi connectivity index (χ1) is 18.9. The Hall–Kier alpha value is -3.49. The Morgan fingerprint density at radius 2 is 1.87 bits per heavy atom. The number of benzene rings is 2. The third kappa shape index (κ3) is 7.55. The average molecular weight is 548 g/mol. The van der Waals surface area contributed by atoms with E-state index in [0.717, 1.165) is 56.3 Å². The zero-order valence-electron chi connectivity index (χ0n) is 22.6. The van der Waals surface area contributed by atoms with Crippen LogP contribution in [0.3, 0.4) is 0 Å². The minimum Gasteiger partial charge on any atom is -0.480 e. The van der Waals surface area contributed by atoms with Gasteiger partial charge in [-0.1, -0.05) is 43.3 Å². The van der Waals surface area contributed by atoms with E-state index in [1.165, 1.54) is 22.9 Å². The summed E-state index contributed by atoms with van der Waals surface area (Å²) in [7, 11) is 0. The number of rotatable bonds is 12. The summed E-state index contributed by atoms with van der Waals surface area (Å²) in [5.74, 6) is -2.24. The van der Waals surface area contributed by atoms with Gasteiger partial charge in [0.1, 0.15) is 6.54 Å². The summed E-state index contributed by atoms with van der Waals surface area (Å²) in [4.78, 5) is 40.1. The van der Waals surface area contributed by atoms with Gasteiger partial charge >= 0.3 is 5.97 Å². The van der Waals surface area contributed by atoms with Gasteiger partial charge in [-0.05, 0) is 84.5 Å². The first-order valence-electron chi connectivity index (χ1n) is 13.6. The number of hydrogen-bond acceptors (Lipinski definition) is 5. The maximum absolute atomic E-state index is 13.4. The second-order valence-corrected chi connectivity index (χ2v) is 11.1. The maximum atomic E-state index is 13.4. The molecule has 206 valence electrons. The summed E-state index contributed by atoms with van der Waals surface area (Å²) in [6.45, 7) is 5.33. The quantitative estimate of drug-likeness (QED) is 0.301. The summed E-state index contributed by atoms with van der Waals surface area (Å²) in [6, 6.07) is 18.1. The molecule has 0 bridgehead atoms. The van der Waals surface area contributed by atoms with E-state index < -0.39 is 18.4 Å². The number of carbonyl (C=O) groups is 3. The van der Waals surface area contributed by atoms with Crippen molar-refractivity contribution in [1.82, 2.24) is 10.2 Å². The molecule has 0 saturated carbocycles. The molecule has 1 aliphatic carbocycles. The third-order valence-corrected chi connectivity index (χ3v) is 8.23. The van der Waals surface area contributed by atoms with E-state index >= 15 is 0 Å². The van der Waals surface area contributed by atoms with Crippen molar-refractivity contribution in [2.24, 2.45) is 0 Å². The number of amides is 2. The number of fused-ring (bicyclic) bond motifs is 1. The van der Waals surface area contributed by atoms with Crippen molar-refractivity contribution in [3.63, 3.8) is 0 Å². The van der Waals surface area contributed by atoms with Crippen molar-refractivity contribution in [1.29, 1.82) is 0 Å². The molecule has 0 aliphatic heterocycles. The summed E-state index contributed by atoms with van der Waals surface area (Å²) >= 11 is 1.81. The first kappa shape index (κ1) is 28.5. The van der Waals surface area contributed by atoms with Crippen LogP contribution in [-0.4, -0.2) is 53.5 Å². The predicted molar refractivity (Wildman–Crippen MR) is 155 cm³/mol. The fourth-order valence-electron chi connectivity index (χ4n) is 5.57. The number of thiophene rings is 1. The van der Waals surface area contributed by atoms with E-state index in [1.807, 2.05) is 35.6 Å². The SMILES string of the molecule is CCCN(CCc1cccs1)[C@H]1CCc2c(cccc2C(C(=O)NCC(=O)O)c2ccc(NC(C)=O)cc2)C1. The van der Waals surface area contributed by atoms with E-state index in [0.29, 0.717) is 11.7 Å². The molecule has 2 aromatic carbocycles. The van der Waals surface area contributed by atoms with Crippen LogP contribution in [0.1, 0.15) is 59.7 Å². The van der Waals surface area contributed by atoms with Gasteiger partial charge < -0.3 is 15.7 Å². The van der Waals surface area contributed by atoms with Crippen LogP contribution in [-0.2, 0) is 33.6 Å². The zero-order chi connectivity index (χ0) is 27.8. The van der Waals surface area contributed by atoms with Crippen molar-refractivity contribution >= 4 is 34.8 Å². The van der Waals surface area contributed by atoms with E-state index in [2.05, 4.69) is 46.0 Å². The second-order valence-electron chi connectivity index (χ2n) is 10.1. The van der Waals surface area contributed by atoms with Gasteiger partial charge in [0.2, 0.25) is 11.8 Å². The number of carbonyl (C=O) groups excluding carboxylic acids is 2. The number of carboxylic acids is 1. The molecule has 39 heavy (non-hydrogen) atoms. The molecule has 4 rings (SSSR count). The molecular formula is C31H37N3O4S. The summed E-state index contributed by atoms with van der Waals surface area (Å²) in [5, 5.41) is 16.6. The highest BCUT2D eigenvalue weighted by Crippen LogP contribution is 2.35. The molecule has 1 aliphatic rings. The molecular weight excluding hydrogens is 510 g/mol. The Morgan fingerprint density at radius 1 is 1.08 bits per heavy atom. The van der Waals surface area contributed by atoms with Crippen molar-refractivity contribution in [3.8, 4) is 0 Å². The Labute approximate surface area is 234 Å². The van der Waals surface area contributed by atoms with Crippen molar-refractivity contribution in [3.05, 3.63) is 87.1 Å². The number of aliphatic carboxylic acids is 1. The summed E-state index contributed by atoms with van der Waals surface area (Å²) < 4.78 is 0. The van der Waals surface area contributed by atoms with Gasteiger partial charge in [-0.2, -0.15) is 0 Å². The van der Waals surface area contributed by atoms with Crippen molar-refractivity contribution in [2.75, 3.05) is 25.0 Å². The van der Waals surface area contributed by atoms with Crippen LogP contribution in [0.2, 0.25) is 0 Å². The number of nitrogens with one attached hydrogen (secondary N) is 2. The Morgan fingerprint density at radius 3 is 2.54 bits per heavy atom. The van der Waals surface area contributed by atoms with Gasteiger partial charge in [-0.15, -0.1) is 11.3 Å². The highest BCUT2D eigenvalue weighted by atomic mass is 32.1. The lowest BCUT2D eigenvalue weighted by Gasteiger charge is -2.36.